The van der Waals surface area contributed by atoms with Gasteiger partial charge in [-0.05, 0) is 50.1 Å². The molecule has 0 fully saturated rings. The van der Waals surface area contributed by atoms with Crippen LogP contribution in [0.2, 0.25) is 0 Å². The first-order chi connectivity index (χ1) is 14.7. The number of rotatable bonds is 6. The molecule has 2 aromatic carbocycles. The highest BCUT2D eigenvalue weighted by atomic mass is 19.2. The quantitative estimate of drug-likeness (QED) is 0.468. The number of nitrogens with zero attached hydrogens (tertiary/aromatic N) is 2. The third-order valence-electron chi connectivity index (χ3n) is 4.88. The molecule has 0 aliphatic heterocycles. The van der Waals surface area contributed by atoms with Gasteiger partial charge in [-0.15, -0.1) is 0 Å². The average molecular weight is 431 g/mol. The molecule has 6 nitrogen and oxygen atoms in total. The van der Waals surface area contributed by atoms with Gasteiger partial charge in [0.2, 0.25) is 0 Å². The zero-order valence-corrected chi connectivity index (χ0v) is 17.1. The molecule has 0 spiro atoms. The summed E-state index contributed by atoms with van der Waals surface area (Å²) in [4.78, 5) is 23.8. The van der Waals surface area contributed by atoms with Gasteiger partial charge in [-0.3, -0.25) is 9.59 Å². The third kappa shape index (κ3) is 4.76. The van der Waals surface area contributed by atoms with E-state index >= 15 is 0 Å². The van der Waals surface area contributed by atoms with Crippen molar-refractivity contribution >= 4 is 17.6 Å². The molecule has 1 N–H and O–H groups in total. The first-order valence-corrected chi connectivity index (χ1v) is 9.39. The molecule has 0 aliphatic carbocycles. The second kappa shape index (κ2) is 9.03. The maximum absolute atomic E-state index is 13.8. The number of benzene rings is 2. The summed E-state index contributed by atoms with van der Waals surface area (Å²) in [5.41, 5.74) is 2.98. The molecule has 0 saturated heterocycles. The Kier molecular flexibility index (Phi) is 6.43. The van der Waals surface area contributed by atoms with Gasteiger partial charge in [0.05, 0.1) is 24.2 Å². The number of esters is 1. The van der Waals surface area contributed by atoms with Crippen LogP contribution in [-0.2, 0) is 16.0 Å². The average Bonchev–Trinajstić information content (AvgIpc) is 3.03. The fourth-order valence-corrected chi connectivity index (χ4v) is 3.18. The van der Waals surface area contributed by atoms with Gasteiger partial charge in [-0.1, -0.05) is 0 Å². The first kappa shape index (κ1) is 22.1. The molecule has 0 radical (unpaired) electrons. The van der Waals surface area contributed by atoms with Crippen LogP contribution in [0.15, 0.2) is 36.4 Å². The third-order valence-corrected chi connectivity index (χ3v) is 4.88. The van der Waals surface area contributed by atoms with Crippen molar-refractivity contribution in [1.82, 2.24) is 9.78 Å². The Hall–Kier alpha value is -3.62. The zero-order chi connectivity index (χ0) is 22.7. The molecule has 0 saturated carbocycles. The van der Waals surface area contributed by atoms with E-state index in [1.54, 1.807) is 16.8 Å². The summed E-state index contributed by atoms with van der Waals surface area (Å²) < 4.78 is 46.5. The predicted molar refractivity (Wildman–Crippen MR) is 108 cm³/mol. The fraction of sp³-hybridized carbons (Fsp3) is 0.227. The standard InChI is InChI=1S/C22H20F3N3O3/c1-12-16(8-9-21(29)31-3)13(2)28(27-12)15-6-4-14(5-7-15)22(30)26-20-11-18(24)17(23)10-19(20)25/h4-7,10-11H,8-9H2,1-3H3,(H,26,30). The van der Waals surface area contributed by atoms with Gasteiger partial charge >= 0.3 is 5.97 Å². The number of ether oxygens (including phenoxy) is 1. The van der Waals surface area contributed by atoms with Crippen LogP contribution in [0.3, 0.4) is 0 Å². The number of hydrogen-bond donors (Lipinski definition) is 1. The number of hydrogen-bond acceptors (Lipinski definition) is 4. The minimum absolute atomic E-state index is 0.195. The molecule has 0 atom stereocenters. The summed E-state index contributed by atoms with van der Waals surface area (Å²) in [5, 5.41) is 6.72. The zero-order valence-electron chi connectivity index (χ0n) is 17.1. The van der Waals surface area contributed by atoms with Crippen molar-refractivity contribution in [3.63, 3.8) is 0 Å². The molecule has 1 heterocycles. The van der Waals surface area contributed by atoms with Crippen LogP contribution < -0.4 is 5.32 Å². The Morgan fingerprint density at radius 3 is 2.32 bits per heavy atom. The molecule has 0 unspecified atom stereocenters. The molecule has 0 bridgehead atoms. The SMILES string of the molecule is COC(=O)CCc1c(C)nn(-c2ccc(C(=O)Nc3cc(F)c(F)cc3F)cc2)c1C. The van der Waals surface area contributed by atoms with E-state index in [4.69, 9.17) is 0 Å². The first-order valence-electron chi connectivity index (χ1n) is 9.39. The number of nitrogens with one attached hydrogen (secondary N) is 1. The lowest BCUT2D eigenvalue weighted by Gasteiger charge is -2.09. The Labute approximate surface area is 176 Å². The van der Waals surface area contributed by atoms with Crippen LogP contribution in [-0.4, -0.2) is 28.8 Å². The Morgan fingerprint density at radius 1 is 1.03 bits per heavy atom. The summed E-state index contributed by atoms with van der Waals surface area (Å²) in [6, 6.07) is 7.28. The van der Waals surface area contributed by atoms with Gasteiger partial charge in [0.25, 0.3) is 5.91 Å². The van der Waals surface area contributed by atoms with Gasteiger partial charge in [0.1, 0.15) is 5.82 Å². The van der Waals surface area contributed by atoms with Gasteiger partial charge in [0, 0.05) is 29.8 Å². The van der Waals surface area contributed by atoms with Crippen LogP contribution in [0.25, 0.3) is 5.69 Å². The lowest BCUT2D eigenvalue weighted by molar-refractivity contribution is -0.140. The van der Waals surface area contributed by atoms with Crippen LogP contribution >= 0.6 is 0 Å². The van der Waals surface area contributed by atoms with E-state index in [9.17, 15) is 22.8 Å². The number of carbonyl (C=O) groups is 2. The number of halogens is 3. The van der Waals surface area contributed by atoms with Crippen molar-refractivity contribution in [3.8, 4) is 5.69 Å². The highest BCUT2D eigenvalue weighted by Crippen LogP contribution is 2.22. The van der Waals surface area contributed by atoms with Gasteiger partial charge in [0.15, 0.2) is 11.6 Å². The second-order valence-electron chi connectivity index (χ2n) is 6.88. The summed E-state index contributed by atoms with van der Waals surface area (Å²) in [5.74, 6) is -4.66. The summed E-state index contributed by atoms with van der Waals surface area (Å²) in [6.45, 7) is 3.72. The van der Waals surface area contributed by atoms with E-state index in [0.717, 1.165) is 17.0 Å². The monoisotopic (exact) mass is 431 g/mol. The highest BCUT2D eigenvalue weighted by Gasteiger charge is 2.16. The van der Waals surface area contributed by atoms with E-state index in [1.165, 1.54) is 19.2 Å². The molecule has 1 amide bonds. The number of carbonyl (C=O) groups excluding carboxylic acids is 2. The van der Waals surface area contributed by atoms with Crippen LogP contribution in [0.4, 0.5) is 18.9 Å². The molecule has 162 valence electrons. The van der Waals surface area contributed by atoms with Crippen molar-refractivity contribution in [1.29, 1.82) is 0 Å². The lowest BCUT2D eigenvalue weighted by atomic mass is 10.1. The lowest BCUT2D eigenvalue weighted by Crippen LogP contribution is -2.13. The van der Waals surface area contributed by atoms with Crippen molar-refractivity contribution in [3.05, 3.63) is 76.4 Å². The normalized spacial score (nSPS) is 10.8. The molecule has 9 heteroatoms. The Morgan fingerprint density at radius 2 is 1.68 bits per heavy atom. The van der Waals surface area contributed by atoms with Gasteiger partial charge in [-0.25, -0.2) is 17.9 Å². The van der Waals surface area contributed by atoms with Crippen molar-refractivity contribution < 1.29 is 27.5 Å². The van der Waals surface area contributed by atoms with Gasteiger partial charge in [-0.2, -0.15) is 5.10 Å². The molecular weight excluding hydrogens is 411 g/mol. The summed E-state index contributed by atoms with van der Waals surface area (Å²) in [6.07, 6.45) is 0.730. The predicted octanol–water partition coefficient (Wildman–Crippen LogP) is 4.26. The van der Waals surface area contributed by atoms with Crippen LogP contribution in [0, 0.1) is 31.3 Å². The van der Waals surface area contributed by atoms with E-state index < -0.39 is 29.0 Å². The molecule has 3 rings (SSSR count). The smallest absolute Gasteiger partial charge is 0.305 e. The number of aromatic nitrogens is 2. The molecule has 3 aromatic rings. The summed E-state index contributed by atoms with van der Waals surface area (Å²) in [7, 11) is 1.34. The minimum atomic E-state index is -1.34. The van der Waals surface area contributed by atoms with Crippen LogP contribution in [0.5, 0.6) is 0 Å². The van der Waals surface area contributed by atoms with Crippen LogP contribution in [0.1, 0.15) is 33.7 Å². The molecule has 31 heavy (non-hydrogen) atoms. The number of anilines is 1. The Balaban J connectivity index is 1.78. The number of amides is 1. The van der Waals surface area contributed by atoms with E-state index in [-0.39, 0.29) is 18.0 Å². The summed E-state index contributed by atoms with van der Waals surface area (Å²) >= 11 is 0. The molecule has 1 aromatic heterocycles. The van der Waals surface area contributed by atoms with Crippen molar-refractivity contribution in [2.45, 2.75) is 26.7 Å². The maximum Gasteiger partial charge on any atom is 0.305 e. The number of methoxy groups -OCH3 is 1. The van der Waals surface area contributed by atoms with Crippen molar-refractivity contribution in [2.24, 2.45) is 0 Å². The number of aryl methyl sites for hydroxylation is 1. The minimum Gasteiger partial charge on any atom is -0.469 e. The second-order valence-corrected chi connectivity index (χ2v) is 6.88. The topological polar surface area (TPSA) is 73.2 Å². The van der Waals surface area contributed by atoms with E-state index in [1.807, 2.05) is 13.8 Å². The molecular formula is C22H20F3N3O3. The Bertz CT molecular complexity index is 1140. The fourth-order valence-electron chi connectivity index (χ4n) is 3.18. The molecule has 0 aliphatic rings. The maximum atomic E-state index is 13.8. The van der Waals surface area contributed by atoms with E-state index in [2.05, 4.69) is 15.2 Å². The largest absolute Gasteiger partial charge is 0.469 e. The van der Waals surface area contributed by atoms with E-state index in [0.29, 0.717) is 24.2 Å². The van der Waals surface area contributed by atoms with Crippen molar-refractivity contribution in [2.75, 3.05) is 12.4 Å². The van der Waals surface area contributed by atoms with Gasteiger partial charge < -0.3 is 10.1 Å². The highest BCUT2D eigenvalue weighted by molar-refractivity contribution is 6.04.